The summed E-state index contributed by atoms with van der Waals surface area (Å²) in [6, 6.07) is -0.0448. The summed E-state index contributed by atoms with van der Waals surface area (Å²) >= 11 is 0. The van der Waals surface area contributed by atoms with Crippen LogP contribution >= 0.6 is 0 Å². The van der Waals surface area contributed by atoms with Gasteiger partial charge in [-0.2, -0.15) is 0 Å². The molecule has 0 aromatic heterocycles. The van der Waals surface area contributed by atoms with Gasteiger partial charge >= 0.3 is 29.6 Å². The molecule has 6 nitrogen and oxygen atoms in total. The second-order valence-corrected chi connectivity index (χ2v) is 7.10. The van der Waals surface area contributed by atoms with Gasteiger partial charge in [0.1, 0.15) is 0 Å². The second kappa shape index (κ2) is 5.41. The average Bonchev–Trinajstić information content (AvgIpc) is 2.60. The van der Waals surface area contributed by atoms with Crippen LogP contribution in [0.15, 0.2) is 0 Å². The van der Waals surface area contributed by atoms with Crippen LogP contribution in [0.1, 0.15) is 25.7 Å². The number of piperidine rings is 1. The summed E-state index contributed by atoms with van der Waals surface area (Å²) in [6.45, 7) is 2.96. The van der Waals surface area contributed by atoms with Crippen LogP contribution in [0.25, 0.3) is 5.32 Å². The summed E-state index contributed by atoms with van der Waals surface area (Å²) in [5.74, 6) is 0.0291. The zero-order valence-corrected chi connectivity index (χ0v) is 14.8. The maximum atomic E-state index is 12.4. The molecule has 1 aliphatic carbocycles. The van der Waals surface area contributed by atoms with Gasteiger partial charge in [0.15, 0.2) is 6.03 Å². The van der Waals surface area contributed by atoms with Crippen molar-refractivity contribution in [2.75, 3.05) is 26.7 Å². The molecular weight excluding hydrogens is 279 g/mol. The third-order valence-corrected chi connectivity index (χ3v) is 5.31. The summed E-state index contributed by atoms with van der Waals surface area (Å²) in [6.07, 6.45) is 3.81. The van der Waals surface area contributed by atoms with Crippen molar-refractivity contribution in [3.05, 3.63) is 5.32 Å². The van der Waals surface area contributed by atoms with Gasteiger partial charge in [0.2, 0.25) is 5.91 Å². The van der Waals surface area contributed by atoms with Crippen LogP contribution in [0.2, 0.25) is 0 Å². The Morgan fingerprint density at radius 3 is 2.71 bits per heavy atom. The molecule has 7 heteroatoms. The Balaban J connectivity index is 0.00000132. The van der Waals surface area contributed by atoms with E-state index in [1.165, 1.54) is 0 Å². The monoisotopic (exact) mass is 300 g/mol. The molecule has 2 atom stereocenters. The van der Waals surface area contributed by atoms with Gasteiger partial charge in [0, 0.05) is 25.2 Å². The average molecular weight is 300 g/mol. The van der Waals surface area contributed by atoms with Crippen molar-refractivity contribution in [3.8, 4) is 0 Å². The maximum absolute atomic E-state index is 12.4. The molecule has 2 bridgehead atoms. The van der Waals surface area contributed by atoms with Crippen LogP contribution in [0, 0.1) is 5.41 Å². The van der Waals surface area contributed by atoms with Crippen molar-refractivity contribution in [2.45, 2.75) is 43.8 Å². The molecule has 0 aromatic carbocycles. The fourth-order valence-electron chi connectivity index (χ4n) is 4.51. The van der Waals surface area contributed by atoms with Gasteiger partial charge in [0.05, 0.1) is 0 Å². The normalized spacial score (nSPS) is 33.8. The van der Waals surface area contributed by atoms with Crippen LogP contribution in [0.3, 0.4) is 0 Å². The molecular formula is C14H21N4NaO2. The van der Waals surface area contributed by atoms with Gasteiger partial charge < -0.3 is 20.4 Å². The Hall–Kier alpha value is -0.300. The molecule has 110 valence electrons. The summed E-state index contributed by atoms with van der Waals surface area (Å²) in [5.41, 5.74) is 0.475. The molecule has 0 aromatic rings. The van der Waals surface area contributed by atoms with Crippen molar-refractivity contribution >= 4 is 11.9 Å². The fourth-order valence-corrected chi connectivity index (χ4v) is 4.51. The van der Waals surface area contributed by atoms with Crippen molar-refractivity contribution in [2.24, 2.45) is 5.41 Å². The predicted octanol–water partition coefficient (Wildman–Crippen LogP) is -2.46. The second-order valence-electron chi connectivity index (χ2n) is 7.10. The van der Waals surface area contributed by atoms with Crippen LogP contribution in [-0.2, 0) is 4.79 Å². The van der Waals surface area contributed by atoms with E-state index in [0.717, 1.165) is 38.8 Å². The van der Waals surface area contributed by atoms with E-state index >= 15 is 0 Å². The molecule has 0 unspecified atom stereocenters. The van der Waals surface area contributed by atoms with Gasteiger partial charge in [-0.3, -0.25) is 9.59 Å². The number of nitrogens with zero attached hydrogens (tertiary/aromatic N) is 3. The number of fused-ring (bicyclic) bond motifs is 2. The van der Waals surface area contributed by atoms with E-state index in [9.17, 15) is 9.59 Å². The SMILES string of the molecule is CN1CC2(CC(NC(=O)[C@@H]3CC[C@@H]4CN3C(=O)[N-]4)C2)C1.[Na+]. The Morgan fingerprint density at radius 1 is 1.33 bits per heavy atom. The molecule has 3 aliphatic heterocycles. The summed E-state index contributed by atoms with van der Waals surface area (Å²) in [4.78, 5) is 28.0. The van der Waals surface area contributed by atoms with E-state index in [2.05, 4.69) is 22.6 Å². The molecule has 4 rings (SSSR count). The van der Waals surface area contributed by atoms with Gasteiger partial charge in [-0.05, 0) is 44.3 Å². The van der Waals surface area contributed by atoms with Crippen LogP contribution in [0.4, 0.5) is 4.79 Å². The minimum absolute atomic E-state index is 0. The van der Waals surface area contributed by atoms with E-state index < -0.39 is 0 Å². The zero-order valence-electron chi connectivity index (χ0n) is 12.8. The Kier molecular flexibility index (Phi) is 4.01. The van der Waals surface area contributed by atoms with E-state index in [0.29, 0.717) is 18.0 Å². The largest absolute Gasteiger partial charge is 1.00 e. The van der Waals surface area contributed by atoms with Crippen molar-refractivity contribution in [1.82, 2.24) is 15.1 Å². The standard InChI is InChI=1S/C14H22N4O2.Na/c1-17-7-14(8-17)4-10(5-14)15-12(19)11-3-2-9-6-18(11)13(20)16-9;/h9-11H,2-8H2,1H3,(H2,15,16,19,20);/q;+1/p-1/t9-,11+;/m1./s1. The van der Waals surface area contributed by atoms with E-state index in [1.54, 1.807) is 4.90 Å². The van der Waals surface area contributed by atoms with Crippen LogP contribution in [0.5, 0.6) is 0 Å². The molecule has 21 heavy (non-hydrogen) atoms. The first-order valence-electron chi connectivity index (χ1n) is 7.55. The number of nitrogens with one attached hydrogen (secondary N) is 1. The van der Waals surface area contributed by atoms with Gasteiger partial charge in [-0.15, -0.1) is 0 Å². The minimum atomic E-state index is -0.286. The molecule has 3 heterocycles. The third kappa shape index (κ3) is 2.60. The number of hydrogen-bond donors (Lipinski definition) is 1. The van der Waals surface area contributed by atoms with Crippen LogP contribution in [-0.4, -0.2) is 66.5 Å². The fraction of sp³-hybridized carbons (Fsp3) is 0.857. The minimum Gasteiger partial charge on any atom is -0.427 e. The number of rotatable bonds is 2. The summed E-state index contributed by atoms with van der Waals surface area (Å²) in [5, 5.41) is 7.19. The molecule has 1 spiro atoms. The first kappa shape index (κ1) is 15.6. The number of hydrogen-bond acceptors (Lipinski definition) is 3. The third-order valence-electron chi connectivity index (χ3n) is 5.31. The van der Waals surface area contributed by atoms with Gasteiger partial charge in [0.25, 0.3) is 0 Å². The van der Waals surface area contributed by atoms with E-state index in [1.807, 2.05) is 0 Å². The summed E-state index contributed by atoms with van der Waals surface area (Å²) in [7, 11) is 2.14. The van der Waals surface area contributed by atoms with Gasteiger partial charge in [-0.25, -0.2) is 0 Å². The van der Waals surface area contributed by atoms with E-state index in [-0.39, 0.29) is 53.6 Å². The number of carbonyl (C=O) groups excluding carboxylic acids is 2. The number of urea groups is 1. The zero-order chi connectivity index (χ0) is 13.9. The van der Waals surface area contributed by atoms with E-state index in [4.69, 9.17) is 0 Å². The van der Waals surface area contributed by atoms with Crippen molar-refractivity contribution in [1.29, 1.82) is 0 Å². The molecule has 0 radical (unpaired) electrons. The summed E-state index contributed by atoms with van der Waals surface area (Å²) < 4.78 is 0. The maximum Gasteiger partial charge on any atom is 1.00 e. The first-order valence-corrected chi connectivity index (χ1v) is 7.55. The Labute approximate surface area is 147 Å². The molecule has 3 saturated heterocycles. The number of amides is 3. The smallest absolute Gasteiger partial charge is 0.427 e. The topological polar surface area (TPSA) is 66.8 Å². The first-order chi connectivity index (χ1) is 9.55. The van der Waals surface area contributed by atoms with Crippen LogP contribution < -0.4 is 34.9 Å². The van der Waals surface area contributed by atoms with Crippen molar-refractivity contribution in [3.63, 3.8) is 0 Å². The Morgan fingerprint density at radius 2 is 2.05 bits per heavy atom. The quantitative estimate of drug-likeness (QED) is 0.575. The molecule has 3 amide bonds. The van der Waals surface area contributed by atoms with Gasteiger partial charge in [-0.1, -0.05) is 6.42 Å². The molecule has 4 fully saturated rings. The predicted molar refractivity (Wildman–Crippen MR) is 73.4 cm³/mol. The number of likely N-dealkylation sites (tertiary alicyclic amines) is 1. The molecule has 4 aliphatic rings. The number of carbonyl (C=O) groups is 2. The Bertz CT molecular complexity index is 458. The molecule has 1 saturated carbocycles. The van der Waals surface area contributed by atoms with Crippen molar-refractivity contribution < 1.29 is 39.1 Å². The molecule has 1 N–H and O–H groups in total.